The van der Waals surface area contributed by atoms with Gasteiger partial charge in [-0.1, -0.05) is 5.16 Å². The molecule has 0 atom stereocenters. The Hall–Kier alpha value is -1.69. The molecule has 0 saturated heterocycles. The topological polar surface area (TPSA) is 82.8 Å². The van der Waals surface area contributed by atoms with Gasteiger partial charge in [-0.05, 0) is 13.8 Å². The van der Waals surface area contributed by atoms with Crippen molar-refractivity contribution >= 4 is 0 Å². The number of aryl methyl sites for hydroxylation is 1. The van der Waals surface area contributed by atoms with E-state index in [-0.39, 0.29) is 5.54 Å². The van der Waals surface area contributed by atoms with Gasteiger partial charge in [0.2, 0.25) is 11.7 Å². The lowest BCUT2D eigenvalue weighted by atomic mass is 10.0. The van der Waals surface area contributed by atoms with Crippen molar-refractivity contribution in [1.29, 1.82) is 0 Å². The maximum atomic E-state index is 5.88. The molecule has 0 bridgehead atoms. The van der Waals surface area contributed by atoms with Crippen LogP contribution in [0.1, 0.15) is 19.7 Å². The van der Waals surface area contributed by atoms with E-state index < -0.39 is 0 Å². The first-order valence-corrected chi connectivity index (χ1v) is 5.04. The highest BCUT2D eigenvalue weighted by Crippen LogP contribution is 2.16. The molecule has 0 saturated carbocycles. The van der Waals surface area contributed by atoms with Crippen LogP contribution in [0.5, 0.6) is 0 Å². The SMILES string of the molecule is Cn1cc(-c2noc(CC(C)(C)N)n2)cn1. The summed E-state index contributed by atoms with van der Waals surface area (Å²) < 4.78 is 6.82. The minimum absolute atomic E-state index is 0.348. The summed E-state index contributed by atoms with van der Waals surface area (Å²) >= 11 is 0. The average Bonchev–Trinajstić information content (AvgIpc) is 2.71. The van der Waals surface area contributed by atoms with Gasteiger partial charge in [-0.2, -0.15) is 10.1 Å². The molecule has 0 aliphatic carbocycles. The molecule has 2 heterocycles. The van der Waals surface area contributed by atoms with E-state index in [4.69, 9.17) is 10.3 Å². The second-order valence-corrected chi connectivity index (χ2v) is 4.58. The summed E-state index contributed by atoms with van der Waals surface area (Å²) in [5, 5.41) is 7.94. The van der Waals surface area contributed by atoms with Crippen molar-refractivity contribution in [3.05, 3.63) is 18.3 Å². The van der Waals surface area contributed by atoms with E-state index >= 15 is 0 Å². The normalized spacial score (nSPS) is 12.0. The zero-order chi connectivity index (χ0) is 11.8. The minimum Gasteiger partial charge on any atom is -0.339 e. The summed E-state index contributed by atoms with van der Waals surface area (Å²) in [7, 11) is 1.84. The van der Waals surface area contributed by atoms with E-state index in [1.165, 1.54) is 0 Å². The van der Waals surface area contributed by atoms with Gasteiger partial charge in [-0.15, -0.1) is 0 Å². The Morgan fingerprint density at radius 2 is 2.25 bits per heavy atom. The highest BCUT2D eigenvalue weighted by Gasteiger charge is 2.17. The number of hydrogen-bond donors (Lipinski definition) is 1. The summed E-state index contributed by atoms with van der Waals surface area (Å²) in [6.45, 7) is 3.84. The van der Waals surface area contributed by atoms with Crippen molar-refractivity contribution in [2.24, 2.45) is 12.8 Å². The molecule has 0 fully saturated rings. The third kappa shape index (κ3) is 2.46. The Labute approximate surface area is 93.4 Å². The predicted molar refractivity (Wildman–Crippen MR) is 58.5 cm³/mol. The van der Waals surface area contributed by atoms with Crippen LogP contribution in [0.4, 0.5) is 0 Å². The van der Waals surface area contributed by atoms with Gasteiger partial charge in [-0.25, -0.2) is 0 Å². The number of aromatic nitrogens is 4. The van der Waals surface area contributed by atoms with Gasteiger partial charge in [0.05, 0.1) is 11.8 Å². The molecule has 2 rings (SSSR count). The summed E-state index contributed by atoms with van der Waals surface area (Å²) in [5.41, 5.74) is 6.37. The molecular formula is C10H15N5O. The Kier molecular flexibility index (Phi) is 2.51. The van der Waals surface area contributed by atoms with Crippen LogP contribution in [-0.2, 0) is 13.5 Å². The van der Waals surface area contributed by atoms with Crippen molar-refractivity contribution in [1.82, 2.24) is 19.9 Å². The van der Waals surface area contributed by atoms with Crippen LogP contribution >= 0.6 is 0 Å². The Bertz CT molecular complexity index is 479. The smallest absolute Gasteiger partial charge is 0.228 e. The molecule has 86 valence electrons. The van der Waals surface area contributed by atoms with Gasteiger partial charge in [0.1, 0.15) is 0 Å². The lowest BCUT2D eigenvalue weighted by molar-refractivity contribution is 0.348. The van der Waals surface area contributed by atoms with Crippen molar-refractivity contribution in [2.75, 3.05) is 0 Å². The number of nitrogens with two attached hydrogens (primary N) is 1. The first-order valence-electron chi connectivity index (χ1n) is 5.04. The highest BCUT2D eigenvalue weighted by molar-refractivity contribution is 5.50. The maximum Gasteiger partial charge on any atom is 0.228 e. The summed E-state index contributed by atoms with van der Waals surface area (Å²) in [6, 6.07) is 0. The Morgan fingerprint density at radius 1 is 1.50 bits per heavy atom. The first kappa shape index (κ1) is 10.8. The fourth-order valence-electron chi connectivity index (χ4n) is 1.37. The van der Waals surface area contributed by atoms with Crippen LogP contribution in [0.2, 0.25) is 0 Å². The van der Waals surface area contributed by atoms with Crippen molar-refractivity contribution < 1.29 is 4.52 Å². The lowest BCUT2D eigenvalue weighted by Crippen LogP contribution is -2.34. The number of hydrogen-bond acceptors (Lipinski definition) is 5. The van der Waals surface area contributed by atoms with Gasteiger partial charge < -0.3 is 10.3 Å². The van der Waals surface area contributed by atoms with Crippen LogP contribution in [-0.4, -0.2) is 25.5 Å². The molecule has 0 amide bonds. The monoisotopic (exact) mass is 221 g/mol. The van der Waals surface area contributed by atoms with Crippen LogP contribution in [0.3, 0.4) is 0 Å². The van der Waals surface area contributed by atoms with E-state index in [9.17, 15) is 0 Å². The van der Waals surface area contributed by atoms with Crippen LogP contribution in [0.25, 0.3) is 11.4 Å². The largest absolute Gasteiger partial charge is 0.339 e. The molecule has 0 aromatic carbocycles. The third-order valence-corrected chi connectivity index (χ3v) is 2.04. The molecule has 16 heavy (non-hydrogen) atoms. The molecule has 6 nitrogen and oxygen atoms in total. The van der Waals surface area contributed by atoms with E-state index in [0.717, 1.165) is 5.56 Å². The first-order chi connectivity index (χ1) is 7.44. The van der Waals surface area contributed by atoms with E-state index in [1.807, 2.05) is 27.1 Å². The second kappa shape index (κ2) is 3.71. The zero-order valence-electron chi connectivity index (χ0n) is 9.64. The van der Waals surface area contributed by atoms with Crippen LogP contribution < -0.4 is 5.73 Å². The Morgan fingerprint density at radius 3 is 2.81 bits per heavy atom. The minimum atomic E-state index is -0.348. The second-order valence-electron chi connectivity index (χ2n) is 4.58. The van der Waals surface area contributed by atoms with Gasteiger partial charge >= 0.3 is 0 Å². The average molecular weight is 221 g/mol. The van der Waals surface area contributed by atoms with Crippen LogP contribution in [0.15, 0.2) is 16.9 Å². The van der Waals surface area contributed by atoms with E-state index in [2.05, 4.69) is 15.2 Å². The van der Waals surface area contributed by atoms with Gasteiger partial charge in [0.15, 0.2) is 0 Å². The Balaban J connectivity index is 2.20. The van der Waals surface area contributed by atoms with E-state index in [0.29, 0.717) is 18.1 Å². The van der Waals surface area contributed by atoms with E-state index in [1.54, 1.807) is 10.9 Å². The molecule has 0 spiro atoms. The third-order valence-electron chi connectivity index (χ3n) is 2.04. The number of nitrogens with zero attached hydrogens (tertiary/aromatic N) is 4. The van der Waals surface area contributed by atoms with Crippen molar-refractivity contribution in [2.45, 2.75) is 25.8 Å². The molecule has 0 aliphatic rings. The summed E-state index contributed by atoms with van der Waals surface area (Å²) in [6.07, 6.45) is 4.09. The molecule has 2 aromatic rings. The summed E-state index contributed by atoms with van der Waals surface area (Å²) in [5.74, 6) is 1.10. The highest BCUT2D eigenvalue weighted by atomic mass is 16.5. The molecule has 6 heteroatoms. The number of rotatable bonds is 3. The van der Waals surface area contributed by atoms with Crippen LogP contribution in [0, 0.1) is 0 Å². The maximum absolute atomic E-state index is 5.88. The summed E-state index contributed by atoms with van der Waals surface area (Å²) in [4.78, 5) is 4.27. The predicted octanol–water partition coefficient (Wildman–Crippen LogP) is 0.750. The van der Waals surface area contributed by atoms with Gasteiger partial charge in [0.25, 0.3) is 0 Å². The molecule has 0 unspecified atom stereocenters. The zero-order valence-corrected chi connectivity index (χ0v) is 9.64. The molecule has 0 radical (unpaired) electrons. The van der Waals surface area contributed by atoms with Gasteiger partial charge in [0, 0.05) is 25.2 Å². The van der Waals surface area contributed by atoms with Crippen molar-refractivity contribution in [3.63, 3.8) is 0 Å². The molecule has 0 aliphatic heterocycles. The molecular weight excluding hydrogens is 206 g/mol. The quantitative estimate of drug-likeness (QED) is 0.826. The fourth-order valence-corrected chi connectivity index (χ4v) is 1.37. The fraction of sp³-hybridized carbons (Fsp3) is 0.500. The lowest BCUT2D eigenvalue weighted by Gasteiger charge is -2.14. The van der Waals surface area contributed by atoms with Gasteiger partial charge in [-0.3, -0.25) is 4.68 Å². The standard InChI is InChI=1S/C10H15N5O/c1-10(2,11)4-8-13-9(14-16-8)7-5-12-15(3)6-7/h5-6H,4,11H2,1-3H3. The molecule has 2 aromatic heterocycles. The molecule has 2 N–H and O–H groups in total. The van der Waals surface area contributed by atoms with Crippen molar-refractivity contribution in [3.8, 4) is 11.4 Å².